The molecule has 1 aliphatic carbocycles. The van der Waals surface area contributed by atoms with Gasteiger partial charge in [0.2, 0.25) is 11.1 Å². The second-order valence-electron chi connectivity index (χ2n) is 7.74. The predicted molar refractivity (Wildman–Crippen MR) is 121 cm³/mol. The van der Waals surface area contributed by atoms with Crippen molar-refractivity contribution in [2.24, 2.45) is 0 Å². The van der Waals surface area contributed by atoms with E-state index in [0.29, 0.717) is 35.4 Å². The molecular formula is C24H23FN4O2S. The molecule has 1 aromatic heterocycles. The number of benzene rings is 2. The fourth-order valence-corrected chi connectivity index (χ4v) is 5.02. The number of nitrogens with zero attached hydrogens (tertiary/aromatic N) is 3. The molecule has 32 heavy (non-hydrogen) atoms. The Bertz CT molecular complexity index is 1210. The van der Waals surface area contributed by atoms with Gasteiger partial charge in [-0.3, -0.25) is 4.79 Å². The molecule has 0 radical (unpaired) electrons. The van der Waals surface area contributed by atoms with Crippen molar-refractivity contribution in [1.29, 1.82) is 0 Å². The van der Waals surface area contributed by atoms with Crippen LogP contribution in [0.15, 0.2) is 65.0 Å². The minimum atomic E-state index is -0.371. The molecule has 8 heteroatoms. The first-order valence-corrected chi connectivity index (χ1v) is 11.7. The van der Waals surface area contributed by atoms with Gasteiger partial charge in [-0.1, -0.05) is 42.1 Å². The molecule has 2 heterocycles. The predicted octanol–water partition coefficient (Wildman–Crippen LogP) is 5.13. The Kier molecular flexibility index (Phi) is 5.70. The highest BCUT2D eigenvalue weighted by Crippen LogP contribution is 2.41. The summed E-state index contributed by atoms with van der Waals surface area (Å²) in [7, 11) is 0. The van der Waals surface area contributed by atoms with Crippen LogP contribution in [0.25, 0.3) is 0 Å². The van der Waals surface area contributed by atoms with Crippen LogP contribution in [0.1, 0.15) is 43.4 Å². The summed E-state index contributed by atoms with van der Waals surface area (Å²) in [5, 5.41) is 8.58. The molecule has 0 saturated carbocycles. The molecule has 5 rings (SSSR count). The van der Waals surface area contributed by atoms with Gasteiger partial charge in [0.15, 0.2) is 5.78 Å². The summed E-state index contributed by atoms with van der Waals surface area (Å²) in [4.78, 5) is 17.6. The van der Waals surface area contributed by atoms with E-state index in [1.165, 1.54) is 17.8 Å². The second-order valence-corrected chi connectivity index (χ2v) is 8.69. The molecule has 0 fully saturated rings. The van der Waals surface area contributed by atoms with Crippen molar-refractivity contribution >= 4 is 23.5 Å². The topological polar surface area (TPSA) is 69.0 Å². The zero-order valence-corrected chi connectivity index (χ0v) is 18.5. The van der Waals surface area contributed by atoms with Crippen LogP contribution < -0.4 is 10.1 Å². The highest BCUT2D eigenvalue weighted by atomic mass is 32.2. The lowest BCUT2D eigenvalue weighted by Crippen LogP contribution is -2.31. The van der Waals surface area contributed by atoms with E-state index in [1.54, 1.807) is 16.8 Å². The summed E-state index contributed by atoms with van der Waals surface area (Å²) >= 11 is 1.37. The lowest BCUT2D eigenvalue weighted by Gasteiger charge is -2.32. The van der Waals surface area contributed by atoms with E-state index in [4.69, 9.17) is 9.84 Å². The van der Waals surface area contributed by atoms with E-state index in [0.717, 1.165) is 35.4 Å². The molecule has 1 atom stereocenters. The normalized spacial score (nSPS) is 17.6. The number of fused-ring (bicyclic) bond motifs is 1. The molecule has 1 unspecified atom stereocenters. The minimum absolute atomic E-state index is 0.132. The summed E-state index contributed by atoms with van der Waals surface area (Å²) in [6, 6.07) is 14.1. The van der Waals surface area contributed by atoms with Gasteiger partial charge in [0, 0.05) is 23.4 Å². The monoisotopic (exact) mass is 450 g/mol. The number of carbonyl (C=O) groups excluding carboxylic acids is 1. The number of carbonyl (C=O) groups is 1. The van der Waals surface area contributed by atoms with E-state index in [1.807, 2.05) is 37.3 Å². The van der Waals surface area contributed by atoms with Crippen molar-refractivity contribution in [3.05, 3.63) is 76.7 Å². The summed E-state index contributed by atoms with van der Waals surface area (Å²) in [5.41, 5.74) is 3.19. The Morgan fingerprint density at radius 1 is 1.22 bits per heavy atom. The fourth-order valence-electron chi connectivity index (χ4n) is 4.20. The third-order valence-electron chi connectivity index (χ3n) is 5.65. The third-order valence-corrected chi connectivity index (χ3v) is 6.53. The standard InChI is InChI=1S/C24H23FN4O2S/c1-2-31-17-9-5-8-15(13-17)22-21-19(11-6-12-20(21)30)26-23-27-24(28-29(22)23)32-14-16-7-3-4-10-18(16)25/h3-5,7-10,13,22H,2,6,11-12,14H2,1H3,(H,26,27,28). The van der Waals surface area contributed by atoms with Crippen molar-refractivity contribution in [3.63, 3.8) is 0 Å². The molecule has 0 amide bonds. The van der Waals surface area contributed by atoms with Crippen molar-refractivity contribution < 1.29 is 13.9 Å². The zero-order chi connectivity index (χ0) is 22.1. The molecule has 0 spiro atoms. The first kappa shape index (κ1) is 20.8. The number of hydrogen-bond acceptors (Lipinski definition) is 6. The number of thioether (sulfide) groups is 1. The van der Waals surface area contributed by atoms with Gasteiger partial charge in [-0.05, 0) is 49.1 Å². The molecule has 164 valence electrons. The van der Waals surface area contributed by atoms with Crippen LogP contribution in [0.3, 0.4) is 0 Å². The molecule has 6 nitrogen and oxygen atoms in total. The maximum atomic E-state index is 14.0. The fraction of sp³-hybridized carbons (Fsp3) is 0.292. The summed E-state index contributed by atoms with van der Waals surface area (Å²) < 4.78 is 21.5. The second kappa shape index (κ2) is 8.78. The van der Waals surface area contributed by atoms with Crippen molar-refractivity contribution in [3.8, 4) is 5.75 Å². The van der Waals surface area contributed by atoms with Crippen LogP contribution in [-0.2, 0) is 10.5 Å². The Balaban J connectivity index is 1.51. The minimum Gasteiger partial charge on any atom is -0.494 e. The largest absolute Gasteiger partial charge is 0.494 e. The SMILES string of the molecule is CCOc1cccc(C2C3=C(CCCC3=O)Nc3nc(SCc4ccccc4F)nn32)c1. The Hall–Kier alpha value is -3.13. The first-order valence-electron chi connectivity index (χ1n) is 10.7. The maximum Gasteiger partial charge on any atom is 0.227 e. The van der Waals surface area contributed by atoms with Crippen molar-refractivity contribution in [2.45, 2.75) is 43.1 Å². The molecule has 1 N–H and O–H groups in total. The molecular weight excluding hydrogens is 427 g/mol. The Labute approximate surface area is 189 Å². The van der Waals surface area contributed by atoms with Crippen molar-refractivity contribution in [2.75, 3.05) is 11.9 Å². The average Bonchev–Trinajstić information content (AvgIpc) is 3.20. The number of nitrogens with one attached hydrogen (secondary N) is 1. The van der Waals surface area contributed by atoms with Crippen LogP contribution in [-0.4, -0.2) is 27.2 Å². The Morgan fingerprint density at radius 3 is 2.94 bits per heavy atom. The summed E-state index contributed by atoms with van der Waals surface area (Å²) in [6.07, 6.45) is 2.15. The maximum absolute atomic E-state index is 14.0. The van der Waals surface area contributed by atoms with Crippen molar-refractivity contribution in [1.82, 2.24) is 14.8 Å². The highest BCUT2D eigenvalue weighted by Gasteiger charge is 2.37. The van der Waals surface area contributed by atoms with E-state index >= 15 is 0 Å². The quantitative estimate of drug-likeness (QED) is 0.525. The lowest BCUT2D eigenvalue weighted by atomic mass is 9.85. The Morgan fingerprint density at radius 2 is 2.09 bits per heavy atom. The molecule has 2 aromatic carbocycles. The molecule has 1 aliphatic heterocycles. The van der Waals surface area contributed by atoms with Gasteiger partial charge in [0.1, 0.15) is 17.6 Å². The summed E-state index contributed by atoms with van der Waals surface area (Å²) in [6.45, 7) is 2.51. The van der Waals surface area contributed by atoms with E-state index in [9.17, 15) is 9.18 Å². The van der Waals surface area contributed by atoms with Gasteiger partial charge >= 0.3 is 0 Å². The number of allylic oxidation sites excluding steroid dienone is 2. The molecule has 0 bridgehead atoms. The van der Waals surface area contributed by atoms with Gasteiger partial charge in [-0.2, -0.15) is 4.98 Å². The number of ether oxygens (including phenoxy) is 1. The van der Waals surface area contributed by atoms with Gasteiger partial charge in [0.25, 0.3) is 0 Å². The molecule has 2 aliphatic rings. The van der Waals surface area contributed by atoms with E-state index in [-0.39, 0.29) is 17.6 Å². The smallest absolute Gasteiger partial charge is 0.227 e. The van der Waals surface area contributed by atoms with Crippen LogP contribution in [0.4, 0.5) is 10.3 Å². The number of hydrogen-bond donors (Lipinski definition) is 1. The van der Waals surface area contributed by atoms with E-state index < -0.39 is 0 Å². The summed E-state index contributed by atoms with van der Waals surface area (Å²) in [5.74, 6) is 1.67. The molecule has 3 aromatic rings. The zero-order valence-electron chi connectivity index (χ0n) is 17.7. The van der Waals surface area contributed by atoms with Gasteiger partial charge in [0.05, 0.1) is 6.61 Å². The number of Topliss-reactive ketones (excluding diaryl/α,β-unsaturated/α-hetero) is 1. The number of halogens is 1. The number of rotatable bonds is 6. The first-order chi connectivity index (χ1) is 15.6. The lowest BCUT2D eigenvalue weighted by molar-refractivity contribution is -0.116. The van der Waals surface area contributed by atoms with Crippen LogP contribution in [0, 0.1) is 5.82 Å². The van der Waals surface area contributed by atoms with Crippen LogP contribution in [0.5, 0.6) is 5.75 Å². The molecule has 0 saturated heterocycles. The number of ketones is 1. The van der Waals surface area contributed by atoms with Crippen LogP contribution in [0.2, 0.25) is 0 Å². The van der Waals surface area contributed by atoms with Gasteiger partial charge < -0.3 is 10.1 Å². The highest BCUT2D eigenvalue weighted by molar-refractivity contribution is 7.98. The van der Waals surface area contributed by atoms with Gasteiger partial charge in [-0.15, -0.1) is 5.10 Å². The number of anilines is 1. The van der Waals surface area contributed by atoms with E-state index in [2.05, 4.69) is 10.3 Å². The average molecular weight is 451 g/mol. The van der Waals surface area contributed by atoms with Crippen LogP contribution >= 0.6 is 11.8 Å². The van der Waals surface area contributed by atoms with Gasteiger partial charge in [-0.25, -0.2) is 9.07 Å². The number of aromatic nitrogens is 3. The third kappa shape index (κ3) is 3.90.